The van der Waals surface area contributed by atoms with Crippen molar-refractivity contribution >= 4 is 17.7 Å². The summed E-state index contributed by atoms with van der Waals surface area (Å²) in [4.78, 5) is 44.7. The Morgan fingerprint density at radius 2 is 1.63 bits per heavy atom. The van der Waals surface area contributed by atoms with E-state index in [2.05, 4.69) is 28.7 Å². The molecule has 4 N–H and O–H groups in total. The van der Waals surface area contributed by atoms with Crippen LogP contribution in [0.1, 0.15) is 65.0 Å². The first-order chi connectivity index (χ1) is 18.0. The summed E-state index contributed by atoms with van der Waals surface area (Å²) in [6.07, 6.45) is 2.05. The Hall–Kier alpha value is -4.12. The van der Waals surface area contributed by atoms with Crippen LogP contribution in [-0.2, 0) is 9.59 Å². The van der Waals surface area contributed by atoms with Crippen LogP contribution in [0.5, 0.6) is 0 Å². The molecule has 5 aliphatic rings. The van der Waals surface area contributed by atoms with Crippen LogP contribution in [0, 0.1) is 23.7 Å². The average Bonchev–Trinajstić information content (AvgIpc) is 3.39. The third kappa shape index (κ3) is 3.52. The van der Waals surface area contributed by atoms with Crippen molar-refractivity contribution in [1.29, 1.82) is 0 Å². The number of hydrogen-bond donors (Lipinski definition) is 3. The number of likely N-dealkylation sites (N-methyl/N-ethyl adjacent to an activating group) is 2. The quantitative estimate of drug-likeness (QED) is 0.457. The Bertz CT molecular complexity index is 1550. The number of amides is 3. The van der Waals surface area contributed by atoms with Gasteiger partial charge in [0.15, 0.2) is 5.69 Å². The number of benzene rings is 1. The van der Waals surface area contributed by atoms with Crippen molar-refractivity contribution in [3.05, 3.63) is 40.7 Å². The van der Waals surface area contributed by atoms with Gasteiger partial charge in [0, 0.05) is 57.2 Å². The third-order valence-corrected chi connectivity index (χ3v) is 8.18. The van der Waals surface area contributed by atoms with Crippen LogP contribution in [0.15, 0.2) is 18.2 Å². The molecule has 7 rings (SSSR count). The zero-order valence-corrected chi connectivity index (χ0v) is 21.1. The van der Waals surface area contributed by atoms with Gasteiger partial charge in [-0.1, -0.05) is 23.8 Å². The number of aliphatic hydroxyl groups is 2. The number of nitrogens with two attached hydrogens (primary N) is 1. The minimum Gasteiger partial charge on any atom is -0.369 e. The standard InChI is InChI=1S/C28H27N5O5/c1-31-11-9-27(37,25(31)35)7-5-16-3-4-19-17-14-18(15-17)33-21(6-8-28(38)10-12-32(2)26(28)36)22(23(29)34)30-24(33)20(19)13-16/h3-4,13,17-18,37-38H,9-12,14-15H2,1-2H3,(H2,29,34). The molecule has 2 aromatic rings. The van der Waals surface area contributed by atoms with Crippen LogP contribution in [0.25, 0.3) is 11.4 Å². The van der Waals surface area contributed by atoms with Gasteiger partial charge < -0.3 is 30.3 Å². The number of carbonyl (C=O) groups is 3. The normalized spacial score (nSPS) is 28.9. The molecular weight excluding hydrogens is 486 g/mol. The van der Waals surface area contributed by atoms with Crippen molar-refractivity contribution in [3.8, 4) is 35.1 Å². The lowest BCUT2D eigenvalue weighted by molar-refractivity contribution is -0.138. The lowest BCUT2D eigenvalue weighted by Gasteiger charge is -2.35. The van der Waals surface area contributed by atoms with Crippen LogP contribution in [0.3, 0.4) is 0 Å². The molecule has 1 aliphatic carbocycles. The molecule has 38 heavy (non-hydrogen) atoms. The molecule has 2 unspecified atom stereocenters. The molecule has 1 aromatic carbocycles. The van der Waals surface area contributed by atoms with E-state index in [0.29, 0.717) is 30.4 Å². The highest BCUT2D eigenvalue weighted by Crippen LogP contribution is 2.52. The second-order valence-corrected chi connectivity index (χ2v) is 10.7. The SMILES string of the molecule is CN1CCC(O)(C#Cc2ccc3c(c2)-c2nc(C(N)=O)c(C#CC4(O)CCN(C)C4=O)n2C2CC3C2)C1=O. The summed E-state index contributed by atoms with van der Waals surface area (Å²) in [6, 6.07) is 5.71. The van der Waals surface area contributed by atoms with Gasteiger partial charge in [0.1, 0.15) is 11.5 Å². The molecule has 3 amide bonds. The smallest absolute Gasteiger partial charge is 0.270 e. The van der Waals surface area contributed by atoms with Crippen molar-refractivity contribution in [1.82, 2.24) is 19.4 Å². The summed E-state index contributed by atoms with van der Waals surface area (Å²) < 4.78 is 1.89. The largest absolute Gasteiger partial charge is 0.369 e. The molecule has 2 bridgehead atoms. The highest BCUT2D eigenvalue weighted by Gasteiger charge is 2.44. The molecule has 1 saturated carbocycles. The van der Waals surface area contributed by atoms with Crippen LogP contribution < -0.4 is 5.73 Å². The molecule has 1 aromatic heterocycles. The molecule has 0 radical (unpaired) electrons. The van der Waals surface area contributed by atoms with Crippen molar-refractivity contribution < 1.29 is 24.6 Å². The molecular formula is C28H27N5O5. The van der Waals surface area contributed by atoms with E-state index in [9.17, 15) is 24.6 Å². The zero-order valence-electron chi connectivity index (χ0n) is 21.1. The van der Waals surface area contributed by atoms with E-state index in [4.69, 9.17) is 5.73 Å². The van der Waals surface area contributed by atoms with Gasteiger partial charge in [-0.3, -0.25) is 14.4 Å². The van der Waals surface area contributed by atoms with E-state index < -0.39 is 28.9 Å². The Morgan fingerprint density at radius 1 is 1.03 bits per heavy atom. The van der Waals surface area contributed by atoms with Crippen LogP contribution in [0.4, 0.5) is 0 Å². The van der Waals surface area contributed by atoms with E-state index in [1.807, 2.05) is 22.8 Å². The number of hydrogen-bond acceptors (Lipinski definition) is 6. The maximum Gasteiger partial charge on any atom is 0.270 e. The first-order valence-electron chi connectivity index (χ1n) is 12.6. The van der Waals surface area contributed by atoms with Crippen LogP contribution in [0.2, 0.25) is 0 Å². The molecule has 5 heterocycles. The molecule has 10 heteroatoms. The Labute approximate surface area is 219 Å². The predicted molar refractivity (Wildman–Crippen MR) is 135 cm³/mol. The van der Waals surface area contributed by atoms with E-state index in [1.54, 1.807) is 14.1 Å². The predicted octanol–water partition coefficient (Wildman–Crippen LogP) is -0.0295. The molecule has 3 fully saturated rings. The van der Waals surface area contributed by atoms with Crippen LogP contribution >= 0.6 is 0 Å². The van der Waals surface area contributed by atoms with Crippen molar-refractivity contribution in [2.24, 2.45) is 5.73 Å². The van der Waals surface area contributed by atoms with Gasteiger partial charge in [0.05, 0.1) is 0 Å². The van der Waals surface area contributed by atoms with Gasteiger partial charge in [-0.25, -0.2) is 4.98 Å². The minimum atomic E-state index is -1.83. The molecule has 2 saturated heterocycles. The summed E-state index contributed by atoms with van der Waals surface area (Å²) in [6.45, 7) is 0.821. The highest BCUT2D eigenvalue weighted by atomic mass is 16.3. The van der Waals surface area contributed by atoms with E-state index in [-0.39, 0.29) is 30.3 Å². The number of primary amides is 1. The molecule has 194 valence electrons. The molecule has 4 aliphatic heterocycles. The Balaban J connectivity index is 1.46. The second-order valence-electron chi connectivity index (χ2n) is 10.7. The number of aromatic nitrogens is 2. The molecule has 2 atom stereocenters. The van der Waals surface area contributed by atoms with E-state index >= 15 is 0 Å². The van der Waals surface area contributed by atoms with Gasteiger partial charge in [0.25, 0.3) is 17.7 Å². The lowest BCUT2D eigenvalue weighted by atomic mass is 9.75. The minimum absolute atomic E-state index is 0.0170. The summed E-state index contributed by atoms with van der Waals surface area (Å²) >= 11 is 0. The Morgan fingerprint density at radius 3 is 2.18 bits per heavy atom. The molecule has 10 nitrogen and oxygen atoms in total. The first-order valence-corrected chi connectivity index (χ1v) is 12.6. The zero-order chi connectivity index (χ0) is 27.0. The Kier molecular flexibility index (Phi) is 5.22. The summed E-state index contributed by atoms with van der Waals surface area (Å²) in [7, 11) is 3.24. The summed E-state index contributed by atoms with van der Waals surface area (Å²) in [5, 5.41) is 21.5. The fourth-order valence-electron chi connectivity index (χ4n) is 5.78. The van der Waals surface area contributed by atoms with Gasteiger partial charge in [-0.05, 0) is 42.4 Å². The van der Waals surface area contributed by atoms with Gasteiger partial charge in [0.2, 0.25) is 11.2 Å². The molecule has 0 spiro atoms. The number of carbonyl (C=O) groups excluding carboxylic acids is 3. The summed E-state index contributed by atoms with van der Waals surface area (Å²) in [5.74, 6) is 10.4. The maximum absolute atomic E-state index is 12.4. The van der Waals surface area contributed by atoms with Gasteiger partial charge >= 0.3 is 0 Å². The van der Waals surface area contributed by atoms with Gasteiger partial charge in [-0.2, -0.15) is 0 Å². The highest BCUT2D eigenvalue weighted by molar-refractivity contribution is 5.95. The van der Waals surface area contributed by atoms with Crippen molar-refractivity contribution in [3.63, 3.8) is 0 Å². The van der Waals surface area contributed by atoms with Crippen molar-refractivity contribution in [2.75, 3.05) is 27.2 Å². The average molecular weight is 514 g/mol. The fourth-order valence-corrected chi connectivity index (χ4v) is 5.78. The number of likely N-dealkylation sites (tertiary alicyclic amines) is 2. The maximum atomic E-state index is 12.4. The van der Waals surface area contributed by atoms with Crippen molar-refractivity contribution in [2.45, 2.75) is 48.8 Å². The van der Waals surface area contributed by atoms with E-state index in [1.165, 1.54) is 9.80 Å². The number of imidazole rings is 1. The second kappa shape index (κ2) is 8.19. The number of nitrogens with zero attached hydrogens (tertiary/aromatic N) is 4. The topological polar surface area (TPSA) is 142 Å². The monoisotopic (exact) mass is 513 g/mol. The third-order valence-electron chi connectivity index (χ3n) is 8.18. The fraction of sp³-hybridized carbons (Fsp3) is 0.429. The van der Waals surface area contributed by atoms with E-state index in [0.717, 1.165) is 24.0 Å². The van der Waals surface area contributed by atoms with Gasteiger partial charge in [-0.15, -0.1) is 0 Å². The lowest BCUT2D eigenvalue weighted by Crippen LogP contribution is -2.37. The van der Waals surface area contributed by atoms with Crippen LogP contribution in [-0.4, -0.2) is 85.7 Å². The number of rotatable bonds is 1. The first kappa shape index (κ1) is 24.2. The summed E-state index contributed by atoms with van der Waals surface area (Å²) in [5.41, 5.74) is 4.85.